The molecule has 1 aromatic rings. The lowest BCUT2D eigenvalue weighted by atomic mass is 10.2. The van der Waals surface area contributed by atoms with E-state index in [1.54, 1.807) is 0 Å². The number of alkyl halides is 1. The van der Waals surface area contributed by atoms with Crippen LogP contribution in [-0.2, 0) is 0 Å². The van der Waals surface area contributed by atoms with Gasteiger partial charge in [0.25, 0.3) is 0 Å². The molecule has 0 saturated carbocycles. The number of hydrogen-bond donors (Lipinski definition) is 0. The van der Waals surface area contributed by atoms with Crippen LogP contribution in [0.5, 0.6) is 0 Å². The maximum Gasteiger partial charge on any atom is 0.143 e. The van der Waals surface area contributed by atoms with Crippen molar-refractivity contribution in [3.8, 4) is 0 Å². The van der Waals surface area contributed by atoms with Crippen molar-refractivity contribution in [2.45, 2.75) is 18.9 Å². The maximum atomic E-state index is 4.42. The van der Waals surface area contributed by atoms with Gasteiger partial charge in [-0.2, -0.15) is 0 Å². The van der Waals surface area contributed by atoms with Crippen LogP contribution in [0.25, 0.3) is 0 Å². The molecule has 0 spiro atoms. The number of pyridine rings is 1. The van der Waals surface area contributed by atoms with E-state index in [0.29, 0.717) is 6.04 Å². The molecule has 2 heterocycles. The summed E-state index contributed by atoms with van der Waals surface area (Å²) < 4.78 is 1.09. The number of anilines is 1. The van der Waals surface area contributed by atoms with Crippen LogP contribution in [0.3, 0.4) is 0 Å². The van der Waals surface area contributed by atoms with E-state index in [9.17, 15) is 0 Å². The van der Waals surface area contributed by atoms with Crippen molar-refractivity contribution >= 4 is 37.7 Å². The Kier molecular flexibility index (Phi) is 3.44. The molecule has 0 amide bonds. The molecule has 0 aromatic carbocycles. The van der Waals surface area contributed by atoms with Gasteiger partial charge in [0.15, 0.2) is 0 Å². The maximum absolute atomic E-state index is 4.42. The van der Waals surface area contributed by atoms with Gasteiger partial charge in [-0.25, -0.2) is 4.98 Å². The second-order valence-electron chi connectivity index (χ2n) is 3.45. The van der Waals surface area contributed by atoms with Gasteiger partial charge in [0.1, 0.15) is 5.82 Å². The summed E-state index contributed by atoms with van der Waals surface area (Å²) >= 11 is 7.10. The largest absolute Gasteiger partial charge is 0.352 e. The SMILES string of the molecule is BrCC1CCCN1c1ncccc1Br. The fourth-order valence-electron chi connectivity index (χ4n) is 1.86. The Morgan fingerprint density at radius 1 is 1.57 bits per heavy atom. The Bertz CT molecular complexity index is 317. The van der Waals surface area contributed by atoms with Crippen LogP contribution >= 0.6 is 31.9 Å². The standard InChI is InChI=1S/C10H12Br2N2/c11-7-8-3-2-6-14(8)10-9(12)4-1-5-13-10/h1,4-5,8H,2-3,6-7H2. The topological polar surface area (TPSA) is 16.1 Å². The Morgan fingerprint density at radius 3 is 3.14 bits per heavy atom. The highest BCUT2D eigenvalue weighted by Crippen LogP contribution is 2.30. The van der Waals surface area contributed by atoms with Gasteiger partial charge < -0.3 is 4.90 Å². The van der Waals surface area contributed by atoms with Crippen LogP contribution < -0.4 is 4.90 Å². The highest BCUT2D eigenvalue weighted by Gasteiger charge is 2.25. The van der Waals surface area contributed by atoms with Crippen molar-refractivity contribution in [3.05, 3.63) is 22.8 Å². The van der Waals surface area contributed by atoms with Crippen molar-refractivity contribution in [1.82, 2.24) is 4.98 Å². The third-order valence-electron chi connectivity index (χ3n) is 2.57. The molecule has 0 radical (unpaired) electrons. The predicted molar refractivity (Wildman–Crippen MR) is 66.1 cm³/mol. The number of hydrogen-bond acceptors (Lipinski definition) is 2. The molecular formula is C10H12Br2N2. The van der Waals surface area contributed by atoms with Crippen molar-refractivity contribution in [2.75, 3.05) is 16.8 Å². The Hall–Kier alpha value is -0.0900. The molecule has 1 saturated heterocycles. The lowest BCUT2D eigenvalue weighted by molar-refractivity contribution is 0.740. The average Bonchev–Trinajstić information content (AvgIpc) is 2.66. The molecule has 0 aliphatic carbocycles. The van der Waals surface area contributed by atoms with Crippen LogP contribution in [0.4, 0.5) is 5.82 Å². The third-order valence-corrected chi connectivity index (χ3v) is 3.93. The molecule has 2 nitrogen and oxygen atoms in total. The highest BCUT2D eigenvalue weighted by molar-refractivity contribution is 9.10. The number of rotatable bonds is 2. The summed E-state index contributed by atoms with van der Waals surface area (Å²) in [5.41, 5.74) is 0. The lowest BCUT2D eigenvalue weighted by Crippen LogP contribution is -2.31. The minimum Gasteiger partial charge on any atom is -0.352 e. The first-order valence-corrected chi connectivity index (χ1v) is 6.67. The number of nitrogens with zero attached hydrogens (tertiary/aromatic N) is 2. The predicted octanol–water partition coefficient (Wildman–Crippen LogP) is 3.21. The smallest absolute Gasteiger partial charge is 0.143 e. The van der Waals surface area contributed by atoms with E-state index in [1.807, 2.05) is 18.3 Å². The summed E-state index contributed by atoms with van der Waals surface area (Å²) in [6, 6.07) is 4.60. The molecule has 1 aliphatic rings. The third kappa shape index (κ3) is 1.96. The van der Waals surface area contributed by atoms with Gasteiger partial charge in [-0.15, -0.1) is 0 Å². The lowest BCUT2D eigenvalue weighted by Gasteiger charge is -2.24. The summed E-state index contributed by atoms with van der Waals surface area (Å²) in [5, 5.41) is 1.02. The second kappa shape index (κ2) is 4.62. The minimum absolute atomic E-state index is 0.598. The van der Waals surface area contributed by atoms with E-state index in [2.05, 4.69) is 41.7 Å². The summed E-state index contributed by atoms with van der Waals surface area (Å²) in [4.78, 5) is 6.79. The molecule has 2 rings (SSSR count). The summed E-state index contributed by atoms with van der Waals surface area (Å²) in [7, 11) is 0. The van der Waals surface area contributed by atoms with E-state index in [-0.39, 0.29) is 0 Å². The van der Waals surface area contributed by atoms with E-state index in [1.165, 1.54) is 12.8 Å². The Morgan fingerprint density at radius 2 is 2.43 bits per heavy atom. The van der Waals surface area contributed by atoms with Crippen LogP contribution in [0.1, 0.15) is 12.8 Å². The molecule has 1 fully saturated rings. The zero-order chi connectivity index (χ0) is 9.97. The first-order chi connectivity index (χ1) is 6.83. The average molecular weight is 320 g/mol. The number of aromatic nitrogens is 1. The van der Waals surface area contributed by atoms with E-state index >= 15 is 0 Å². The van der Waals surface area contributed by atoms with Crippen LogP contribution in [-0.4, -0.2) is 22.9 Å². The first-order valence-electron chi connectivity index (χ1n) is 4.76. The first kappa shape index (κ1) is 10.4. The van der Waals surface area contributed by atoms with Crippen molar-refractivity contribution in [3.63, 3.8) is 0 Å². The normalized spacial score (nSPS) is 21.6. The molecule has 1 unspecified atom stereocenters. The van der Waals surface area contributed by atoms with Gasteiger partial charge in [0.05, 0.1) is 4.47 Å². The molecule has 0 bridgehead atoms. The number of halogens is 2. The molecule has 0 N–H and O–H groups in total. The molecular weight excluding hydrogens is 308 g/mol. The van der Waals surface area contributed by atoms with Gasteiger partial charge in [0, 0.05) is 24.1 Å². The van der Waals surface area contributed by atoms with Crippen molar-refractivity contribution in [2.24, 2.45) is 0 Å². The van der Waals surface area contributed by atoms with Gasteiger partial charge >= 0.3 is 0 Å². The van der Waals surface area contributed by atoms with Gasteiger partial charge in [-0.3, -0.25) is 0 Å². The summed E-state index contributed by atoms with van der Waals surface area (Å²) in [6.45, 7) is 1.12. The molecule has 76 valence electrons. The zero-order valence-electron chi connectivity index (χ0n) is 7.79. The fourth-order valence-corrected chi connectivity index (χ4v) is 3.02. The van der Waals surface area contributed by atoms with Crippen molar-refractivity contribution in [1.29, 1.82) is 0 Å². The molecule has 1 aliphatic heterocycles. The van der Waals surface area contributed by atoms with Gasteiger partial charge in [-0.05, 0) is 40.9 Å². The molecule has 1 aromatic heterocycles. The summed E-state index contributed by atoms with van der Waals surface area (Å²) in [6.07, 6.45) is 4.37. The summed E-state index contributed by atoms with van der Waals surface area (Å²) in [5.74, 6) is 1.08. The van der Waals surface area contributed by atoms with Gasteiger partial charge in [-0.1, -0.05) is 15.9 Å². The zero-order valence-corrected chi connectivity index (χ0v) is 11.0. The fraction of sp³-hybridized carbons (Fsp3) is 0.500. The minimum atomic E-state index is 0.598. The van der Waals surface area contributed by atoms with Crippen LogP contribution in [0.15, 0.2) is 22.8 Å². The van der Waals surface area contributed by atoms with Crippen LogP contribution in [0.2, 0.25) is 0 Å². The monoisotopic (exact) mass is 318 g/mol. The van der Waals surface area contributed by atoms with E-state index in [0.717, 1.165) is 22.2 Å². The van der Waals surface area contributed by atoms with E-state index < -0.39 is 0 Å². The van der Waals surface area contributed by atoms with E-state index in [4.69, 9.17) is 0 Å². The molecule has 1 atom stereocenters. The molecule has 4 heteroatoms. The Labute approximate surface area is 101 Å². The van der Waals surface area contributed by atoms with Crippen molar-refractivity contribution < 1.29 is 0 Å². The van der Waals surface area contributed by atoms with Crippen LogP contribution in [0, 0.1) is 0 Å². The quantitative estimate of drug-likeness (QED) is 0.778. The highest BCUT2D eigenvalue weighted by atomic mass is 79.9. The Balaban J connectivity index is 2.26. The second-order valence-corrected chi connectivity index (χ2v) is 4.95. The van der Waals surface area contributed by atoms with Gasteiger partial charge in [0.2, 0.25) is 0 Å². The molecule has 14 heavy (non-hydrogen) atoms.